The summed E-state index contributed by atoms with van der Waals surface area (Å²) in [5.41, 5.74) is 0.203. The summed E-state index contributed by atoms with van der Waals surface area (Å²) in [6.07, 6.45) is 0. The highest BCUT2D eigenvalue weighted by atomic mass is 35.5. The number of ether oxygens (including phenoxy) is 1. The van der Waals surface area contributed by atoms with Crippen LogP contribution in [0.25, 0.3) is 10.9 Å². The first kappa shape index (κ1) is 16.8. The van der Waals surface area contributed by atoms with Gasteiger partial charge in [0.05, 0.1) is 17.5 Å². The summed E-state index contributed by atoms with van der Waals surface area (Å²) >= 11 is 11.9. The third-order valence-corrected chi connectivity index (χ3v) is 5.64. The number of fused-ring (bicyclic) bond motifs is 1. The highest BCUT2D eigenvalue weighted by molar-refractivity contribution is 7.90. The Morgan fingerprint density at radius 2 is 1.75 bits per heavy atom. The van der Waals surface area contributed by atoms with Gasteiger partial charge in [-0.3, -0.25) is 0 Å². The van der Waals surface area contributed by atoms with E-state index in [2.05, 4.69) is 0 Å². The van der Waals surface area contributed by atoms with Gasteiger partial charge in [-0.25, -0.2) is 17.2 Å². The van der Waals surface area contributed by atoms with Crippen LogP contribution in [0.2, 0.25) is 10.0 Å². The van der Waals surface area contributed by atoms with Crippen molar-refractivity contribution in [2.45, 2.75) is 4.90 Å². The molecule has 0 aliphatic carbocycles. The van der Waals surface area contributed by atoms with Gasteiger partial charge in [-0.05, 0) is 42.5 Å². The molecular weight excluding hydrogens is 373 g/mol. The van der Waals surface area contributed by atoms with E-state index in [-0.39, 0.29) is 15.6 Å². The second-order valence-corrected chi connectivity index (χ2v) is 7.61. The fraction of sp³-hybridized carbons (Fsp3) is 0.0625. The molecule has 0 bridgehead atoms. The predicted octanol–water partition coefficient (Wildman–Crippen LogP) is 3.97. The van der Waals surface area contributed by atoms with Gasteiger partial charge in [-0.15, -0.1) is 0 Å². The Balaban J connectivity index is 2.37. The number of hydrogen-bond acceptors (Lipinski definition) is 4. The highest BCUT2D eigenvalue weighted by Gasteiger charge is 2.27. The summed E-state index contributed by atoms with van der Waals surface area (Å²) in [5, 5.41) is 1.21. The molecule has 0 atom stereocenters. The number of hydrogen-bond donors (Lipinski definition) is 0. The van der Waals surface area contributed by atoms with E-state index in [0.717, 1.165) is 3.97 Å². The van der Waals surface area contributed by atoms with Gasteiger partial charge >= 0.3 is 5.97 Å². The summed E-state index contributed by atoms with van der Waals surface area (Å²) in [7, 11) is -2.87. The van der Waals surface area contributed by atoms with E-state index in [1.165, 1.54) is 37.4 Å². The molecule has 0 aliphatic heterocycles. The summed E-state index contributed by atoms with van der Waals surface area (Å²) in [6, 6.07) is 11.9. The predicted molar refractivity (Wildman–Crippen MR) is 92.3 cm³/mol. The number of methoxy groups -OCH3 is 1. The molecule has 0 saturated carbocycles. The lowest BCUT2D eigenvalue weighted by molar-refractivity contribution is 0.0593. The number of nitrogens with zero attached hydrogens (tertiary/aromatic N) is 1. The third-order valence-electron chi connectivity index (χ3n) is 3.45. The number of aromatic nitrogens is 1. The van der Waals surface area contributed by atoms with Crippen molar-refractivity contribution in [3.8, 4) is 0 Å². The molecule has 1 heterocycles. The highest BCUT2D eigenvalue weighted by Crippen LogP contribution is 2.29. The van der Waals surface area contributed by atoms with E-state index in [9.17, 15) is 13.2 Å². The van der Waals surface area contributed by atoms with Gasteiger partial charge in [-0.2, -0.15) is 0 Å². The first-order valence-corrected chi connectivity index (χ1v) is 8.94. The van der Waals surface area contributed by atoms with E-state index in [0.29, 0.717) is 15.9 Å². The Hall–Kier alpha value is -2.02. The fourth-order valence-corrected chi connectivity index (χ4v) is 4.38. The maximum atomic E-state index is 13.1. The molecule has 5 nitrogen and oxygen atoms in total. The maximum absolute atomic E-state index is 13.1. The average Bonchev–Trinajstić information content (AvgIpc) is 2.93. The maximum Gasteiger partial charge on any atom is 0.355 e. The smallest absolute Gasteiger partial charge is 0.355 e. The van der Waals surface area contributed by atoms with Crippen LogP contribution >= 0.6 is 23.2 Å². The van der Waals surface area contributed by atoms with E-state index >= 15 is 0 Å². The number of esters is 1. The van der Waals surface area contributed by atoms with Crippen molar-refractivity contribution >= 4 is 50.1 Å². The molecule has 0 unspecified atom stereocenters. The molecule has 0 aliphatic rings. The molecule has 3 aromatic rings. The zero-order valence-electron chi connectivity index (χ0n) is 12.4. The van der Waals surface area contributed by atoms with Crippen LogP contribution in [-0.2, 0) is 14.8 Å². The van der Waals surface area contributed by atoms with Crippen molar-refractivity contribution in [2.24, 2.45) is 0 Å². The number of rotatable bonds is 3. The molecule has 3 rings (SSSR count). The van der Waals surface area contributed by atoms with Gasteiger partial charge in [0.25, 0.3) is 10.0 Å². The molecule has 8 heteroatoms. The molecule has 0 spiro atoms. The molecule has 0 N–H and O–H groups in total. The molecule has 2 aromatic carbocycles. The topological polar surface area (TPSA) is 65.4 Å². The first-order valence-electron chi connectivity index (χ1n) is 6.75. The van der Waals surface area contributed by atoms with E-state index in [1.807, 2.05) is 0 Å². The summed E-state index contributed by atoms with van der Waals surface area (Å²) in [5.74, 6) is -0.770. The molecule has 0 saturated heterocycles. The van der Waals surface area contributed by atoms with Crippen molar-refractivity contribution < 1.29 is 17.9 Å². The van der Waals surface area contributed by atoms with Crippen LogP contribution in [0.15, 0.2) is 53.4 Å². The lowest BCUT2D eigenvalue weighted by Crippen LogP contribution is -2.19. The van der Waals surface area contributed by atoms with Crippen LogP contribution in [0.4, 0.5) is 0 Å². The van der Waals surface area contributed by atoms with Crippen molar-refractivity contribution in [1.82, 2.24) is 3.97 Å². The number of carbonyl (C=O) groups excluding carboxylic acids is 1. The van der Waals surface area contributed by atoms with Crippen LogP contribution in [0.3, 0.4) is 0 Å². The van der Waals surface area contributed by atoms with Crippen molar-refractivity contribution in [3.05, 3.63) is 64.3 Å². The SMILES string of the molecule is COC(=O)c1cc2cc(Cl)ccc2n1S(=O)(=O)c1cccc(Cl)c1. The summed E-state index contributed by atoms with van der Waals surface area (Å²) in [4.78, 5) is 12.0. The van der Waals surface area contributed by atoms with Gasteiger partial charge in [-0.1, -0.05) is 29.3 Å². The Labute approximate surface area is 148 Å². The molecule has 0 fully saturated rings. The molecule has 0 amide bonds. The molecule has 124 valence electrons. The molecule has 0 radical (unpaired) electrons. The van der Waals surface area contributed by atoms with Crippen LogP contribution in [0.5, 0.6) is 0 Å². The minimum Gasteiger partial charge on any atom is -0.464 e. The number of halogens is 2. The van der Waals surface area contributed by atoms with Gasteiger partial charge in [0, 0.05) is 15.4 Å². The number of carbonyl (C=O) groups is 1. The number of benzene rings is 2. The second-order valence-electron chi connectivity index (χ2n) is 4.95. The Morgan fingerprint density at radius 3 is 2.42 bits per heavy atom. The Bertz CT molecular complexity index is 1060. The van der Waals surface area contributed by atoms with Crippen molar-refractivity contribution in [1.29, 1.82) is 0 Å². The van der Waals surface area contributed by atoms with Crippen LogP contribution in [-0.4, -0.2) is 25.5 Å². The van der Waals surface area contributed by atoms with E-state index in [4.69, 9.17) is 27.9 Å². The summed E-state index contributed by atoms with van der Waals surface area (Å²) in [6.45, 7) is 0. The Morgan fingerprint density at radius 1 is 1.04 bits per heavy atom. The second kappa shape index (κ2) is 6.12. The zero-order chi connectivity index (χ0) is 17.5. The van der Waals surface area contributed by atoms with Gasteiger partial charge in [0.2, 0.25) is 0 Å². The van der Waals surface area contributed by atoms with Gasteiger partial charge in [0.1, 0.15) is 5.69 Å². The molecular formula is C16H11Cl2NO4S. The minimum atomic E-state index is -4.06. The minimum absolute atomic E-state index is 0.0346. The fourth-order valence-electron chi connectivity index (χ4n) is 2.40. The Kier molecular flexibility index (Phi) is 4.29. The monoisotopic (exact) mass is 383 g/mol. The third kappa shape index (κ3) is 2.77. The van der Waals surface area contributed by atoms with Crippen molar-refractivity contribution in [3.63, 3.8) is 0 Å². The van der Waals surface area contributed by atoms with Gasteiger partial charge in [0.15, 0.2) is 0 Å². The quantitative estimate of drug-likeness (QED) is 0.641. The summed E-state index contributed by atoms with van der Waals surface area (Å²) < 4.78 is 31.8. The molecule has 1 aromatic heterocycles. The first-order chi connectivity index (χ1) is 11.3. The van der Waals surface area contributed by atoms with E-state index < -0.39 is 16.0 Å². The standard InChI is InChI=1S/C16H11Cl2NO4S/c1-23-16(20)15-8-10-7-12(18)5-6-14(10)19(15)24(21,22)13-4-2-3-11(17)9-13/h2-9H,1H3. The van der Waals surface area contributed by atoms with Crippen LogP contribution in [0, 0.1) is 0 Å². The zero-order valence-corrected chi connectivity index (χ0v) is 14.7. The largest absolute Gasteiger partial charge is 0.464 e. The normalized spacial score (nSPS) is 11.6. The lowest BCUT2D eigenvalue weighted by Gasteiger charge is -2.11. The van der Waals surface area contributed by atoms with Crippen molar-refractivity contribution in [2.75, 3.05) is 7.11 Å². The van der Waals surface area contributed by atoms with Crippen LogP contribution < -0.4 is 0 Å². The van der Waals surface area contributed by atoms with Crippen LogP contribution in [0.1, 0.15) is 10.5 Å². The molecule has 24 heavy (non-hydrogen) atoms. The average molecular weight is 384 g/mol. The lowest BCUT2D eigenvalue weighted by atomic mass is 10.2. The van der Waals surface area contributed by atoms with E-state index in [1.54, 1.807) is 18.2 Å². The van der Waals surface area contributed by atoms with Gasteiger partial charge < -0.3 is 4.74 Å².